The number of nitrogens with one attached hydrogen (secondary N) is 1. The summed E-state index contributed by atoms with van der Waals surface area (Å²) in [7, 11) is -1.23. The highest BCUT2D eigenvalue weighted by molar-refractivity contribution is 7.84. The summed E-state index contributed by atoms with van der Waals surface area (Å²) in [4.78, 5) is 21.3. The predicted molar refractivity (Wildman–Crippen MR) is 205 cm³/mol. The molecule has 3 heterocycles. The summed E-state index contributed by atoms with van der Waals surface area (Å²) in [6, 6.07) is 22.0. The minimum absolute atomic E-state index is 0.122. The van der Waals surface area contributed by atoms with Gasteiger partial charge in [-0.3, -0.25) is 9.00 Å². The third kappa shape index (κ3) is 9.55. The molecule has 6 rings (SSSR count). The molecule has 1 atom stereocenters. The molecule has 0 aliphatic carbocycles. The number of nitrogens with zero attached hydrogens (tertiary/aromatic N) is 3. The Morgan fingerprint density at radius 3 is 2.51 bits per heavy atom. The van der Waals surface area contributed by atoms with Crippen molar-refractivity contribution in [3.05, 3.63) is 95.6 Å². The van der Waals surface area contributed by atoms with Gasteiger partial charge in [-0.25, -0.2) is 4.98 Å². The molecule has 51 heavy (non-hydrogen) atoms. The van der Waals surface area contributed by atoms with Gasteiger partial charge in [0.2, 0.25) is 0 Å². The van der Waals surface area contributed by atoms with E-state index in [2.05, 4.69) is 65.5 Å². The lowest BCUT2D eigenvalue weighted by Gasteiger charge is -2.35. The third-order valence-electron chi connectivity index (χ3n) is 9.51. The molecule has 0 bridgehead atoms. The number of amides is 1. The van der Waals surface area contributed by atoms with Crippen LogP contribution < -0.4 is 15.0 Å². The molecule has 0 radical (unpaired) electrons. The first-order chi connectivity index (χ1) is 24.9. The highest BCUT2D eigenvalue weighted by atomic mass is 32.2. The molecule has 270 valence electrons. The number of imidazole rings is 1. The normalized spacial score (nSPS) is 16.3. The number of hydrogen-bond acceptors (Lipinski definition) is 7. The van der Waals surface area contributed by atoms with Gasteiger partial charge in [0, 0.05) is 54.0 Å². The van der Waals surface area contributed by atoms with E-state index in [-0.39, 0.29) is 5.91 Å². The standard InChI is InChI=1S/C41H50N4O5S/c1-4-6-20-48-21-22-50-37-14-9-32(10-15-37)33-11-18-39-35(23-33)24-34(8-7-19-45(39)25-31-26-49-27-31)41(46)43-36-12-16-38(17-13-36)51(47)28-40-30(3)42-29-44(40)5-2/h9-18,23-24,29,31H,4-8,19-22,25-28H2,1-3H3,(H,43,46)/b34-24+/t51-/m1/s1. The Hall–Kier alpha value is -4.25. The van der Waals surface area contributed by atoms with Crippen LogP contribution >= 0.6 is 0 Å². The van der Waals surface area contributed by atoms with E-state index in [4.69, 9.17) is 14.2 Å². The van der Waals surface area contributed by atoms with Gasteiger partial charge in [-0.05, 0) is 104 Å². The number of unbranched alkanes of at least 4 members (excludes halogenated alkanes) is 1. The molecule has 0 saturated carbocycles. The molecule has 0 spiro atoms. The molecule has 4 aromatic rings. The van der Waals surface area contributed by atoms with Crippen molar-refractivity contribution in [3.8, 4) is 16.9 Å². The Bertz CT molecular complexity index is 1810. The number of fused-ring (bicyclic) bond motifs is 1. The number of carbonyl (C=O) groups excluding carboxylic acids is 1. The summed E-state index contributed by atoms with van der Waals surface area (Å²) in [6.45, 7) is 12.2. The van der Waals surface area contributed by atoms with E-state index in [0.717, 1.165) is 109 Å². The van der Waals surface area contributed by atoms with Crippen molar-refractivity contribution < 1.29 is 23.2 Å². The minimum Gasteiger partial charge on any atom is -0.491 e. The van der Waals surface area contributed by atoms with E-state index in [9.17, 15) is 9.00 Å². The molecule has 1 aromatic heterocycles. The quantitative estimate of drug-likeness (QED) is 0.119. The van der Waals surface area contributed by atoms with Gasteiger partial charge >= 0.3 is 0 Å². The smallest absolute Gasteiger partial charge is 0.251 e. The van der Waals surface area contributed by atoms with Gasteiger partial charge < -0.3 is 29.0 Å². The summed E-state index contributed by atoms with van der Waals surface area (Å²) in [5.41, 5.74) is 7.61. The van der Waals surface area contributed by atoms with Crippen LogP contribution in [0, 0.1) is 12.8 Å². The average Bonchev–Trinajstić information content (AvgIpc) is 3.47. The van der Waals surface area contributed by atoms with E-state index in [1.165, 1.54) is 0 Å². The highest BCUT2D eigenvalue weighted by Gasteiger charge is 2.25. The van der Waals surface area contributed by atoms with Crippen molar-refractivity contribution in [2.24, 2.45) is 5.92 Å². The summed E-state index contributed by atoms with van der Waals surface area (Å²) in [5, 5.41) is 3.10. The lowest BCUT2D eigenvalue weighted by Crippen LogP contribution is -2.40. The van der Waals surface area contributed by atoms with Gasteiger partial charge in [0.25, 0.3) is 5.91 Å². The number of rotatable bonds is 16. The fourth-order valence-electron chi connectivity index (χ4n) is 6.44. The van der Waals surface area contributed by atoms with Gasteiger partial charge in [0.1, 0.15) is 12.4 Å². The zero-order chi connectivity index (χ0) is 35.6. The van der Waals surface area contributed by atoms with Gasteiger partial charge in [-0.2, -0.15) is 0 Å². The lowest BCUT2D eigenvalue weighted by molar-refractivity contribution is -0.112. The Balaban J connectivity index is 1.17. The van der Waals surface area contributed by atoms with E-state index in [1.54, 1.807) is 6.33 Å². The second kappa shape index (κ2) is 17.8. The first kappa shape index (κ1) is 36.5. The zero-order valence-corrected chi connectivity index (χ0v) is 30.9. The number of aromatic nitrogens is 2. The molecular formula is C41H50N4O5S. The van der Waals surface area contributed by atoms with Crippen molar-refractivity contribution in [1.29, 1.82) is 0 Å². The van der Waals surface area contributed by atoms with Crippen LogP contribution in [0.15, 0.2) is 83.5 Å². The van der Waals surface area contributed by atoms with Crippen LogP contribution in [0.25, 0.3) is 17.2 Å². The number of carbonyl (C=O) groups is 1. The second-order valence-corrected chi connectivity index (χ2v) is 14.7. The largest absolute Gasteiger partial charge is 0.491 e. The van der Waals surface area contributed by atoms with Gasteiger partial charge in [0.15, 0.2) is 0 Å². The summed E-state index contributed by atoms with van der Waals surface area (Å²) >= 11 is 0. The minimum atomic E-state index is -1.23. The molecule has 1 saturated heterocycles. The maximum Gasteiger partial charge on any atom is 0.251 e. The van der Waals surface area contributed by atoms with Crippen molar-refractivity contribution in [1.82, 2.24) is 9.55 Å². The van der Waals surface area contributed by atoms with Crippen molar-refractivity contribution >= 4 is 34.2 Å². The van der Waals surface area contributed by atoms with Crippen LogP contribution in [-0.4, -0.2) is 65.8 Å². The molecule has 1 fully saturated rings. The molecular weight excluding hydrogens is 661 g/mol. The SMILES string of the molecule is CCCCOCCOc1ccc(-c2ccc3c(c2)/C=C(/C(=O)Nc2ccc([S@](=O)Cc4c(C)ncn4CC)cc2)CCCN3CC2COC2)cc1. The monoisotopic (exact) mass is 710 g/mol. The molecule has 10 heteroatoms. The van der Waals surface area contributed by atoms with Crippen molar-refractivity contribution in [2.45, 2.75) is 63.6 Å². The number of aryl methyl sites for hydroxylation is 2. The number of hydrogen-bond donors (Lipinski definition) is 1. The molecule has 9 nitrogen and oxygen atoms in total. The van der Waals surface area contributed by atoms with Crippen LogP contribution in [0.2, 0.25) is 0 Å². The van der Waals surface area contributed by atoms with Crippen LogP contribution in [0.3, 0.4) is 0 Å². The summed E-state index contributed by atoms with van der Waals surface area (Å²) in [5.74, 6) is 1.61. The Labute approximate surface area is 304 Å². The molecule has 1 amide bonds. The van der Waals surface area contributed by atoms with Gasteiger partial charge in [-0.1, -0.05) is 31.5 Å². The topological polar surface area (TPSA) is 94.9 Å². The first-order valence-electron chi connectivity index (χ1n) is 18.2. The maximum absolute atomic E-state index is 13.7. The van der Waals surface area contributed by atoms with Crippen molar-refractivity contribution in [3.63, 3.8) is 0 Å². The van der Waals surface area contributed by atoms with E-state index >= 15 is 0 Å². The molecule has 0 unspecified atom stereocenters. The average molecular weight is 711 g/mol. The van der Waals surface area contributed by atoms with E-state index < -0.39 is 10.8 Å². The van der Waals surface area contributed by atoms with Gasteiger partial charge in [0.05, 0.1) is 54.1 Å². The number of benzene rings is 3. The highest BCUT2D eigenvalue weighted by Crippen LogP contribution is 2.34. The van der Waals surface area contributed by atoms with Crippen LogP contribution in [-0.2, 0) is 37.4 Å². The second-order valence-electron chi connectivity index (χ2n) is 13.3. The zero-order valence-electron chi connectivity index (χ0n) is 30.1. The van der Waals surface area contributed by atoms with Gasteiger partial charge in [-0.15, -0.1) is 0 Å². The molecule has 1 N–H and O–H groups in total. The summed E-state index contributed by atoms with van der Waals surface area (Å²) in [6.07, 6.45) is 7.56. The Kier molecular flexibility index (Phi) is 12.7. The first-order valence-corrected chi connectivity index (χ1v) is 19.5. The van der Waals surface area contributed by atoms with Crippen LogP contribution in [0.4, 0.5) is 11.4 Å². The maximum atomic E-state index is 13.7. The van der Waals surface area contributed by atoms with Crippen LogP contribution in [0.5, 0.6) is 5.75 Å². The number of ether oxygens (including phenoxy) is 3. The Morgan fingerprint density at radius 2 is 1.78 bits per heavy atom. The van der Waals surface area contributed by atoms with E-state index in [0.29, 0.717) is 37.0 Å². The third-order valence-corrected chi connectivity index (χ3v) is 10.8. The lowest BCUT2D eigenvalue weighted by atomic mass is 9.95. The fraction of sp³-hybridized carbons (Fsp3) is 0.415. The predicted octanol–water partition coefficient (Wildman–Crippen LogP) is 7.65. The molecule has 2 aliphatic heterocycles. The number of anilines is 2. The van der Waals surface area contributed by atoms with Crippen molar-refractivity contribution in [2.75, 3.05) is 56.3 Å². The molecule has 3 aromatic carbocycles. The van der Waals surface area contributed by atoms with Crippen LogP contribution in [0.1, 0.15) is 56.5 Å². The fourth-order valence-corrected chi connectivity index (χ4v) is 7.67. The summed E-state index contributed by atoms with van der Waals surface area (Å²) < 4.78 is 32.2. The molecule has 2 aliphatic rings. The van der Waals surface area contributed by atoms with E-state index in [1.807, 2.05) is 47.9 Å². The Morgan fingerprint density at radius 1 is 1.00 bits per heavy atom.